The number of carbonyl (C=O) groups is 2. The zero-order chi connectivity index (χ0) is 24.4. The van der Waals surface area contributed by atoms with Gasteiger partial charge in [-0.2, -0.15) is 0 Å². The molecule has 178 valence electrons. The van der Waals surface area contributed by atoms with Crippen LogP contribution < -0.4 is 0 Å². The third kappa shape index (κ3) is 4.88. The van der Waals surface area contributed by atoms with Crippen LogP contribution in [0.5, 0.6) is 0 Å². The number of halogens is 2. The maximum Gasteiger partial charge on any atom is 0.254 e. The van der Waals surface area contributed by atoms with Crippen LogP contribution in [0.2, 0.25) is 10.0 Å². The van der Waals surface area contributed by atoms with Crippen LogP contribution in [0.25, 0.3) is 0 Å². The average Bonchev–Trinajstić information content (AvgIpc) is 3.32. The van der Waals surface area contributed by atoms with Gasteiger partial charge < -0.3 is 9.80 Å². The van der Waals surface area contributed by atoms with E-state index >= 15 is 0 Å². The Morgan fingerprint density at radius 3 is 2.59 bits per heavy atom. The van der Waals surface area contributed by atoms with E-state index in [4.69, 9.17) is 23.2 Å². The van der Waals surface area contributed by atoms with E-state index < -0.39 is 0 Å². The molecule has 3 aromatic rings. The minimum Gasteiger partial charge on any atom is -0.330 e. The molecular weight excluding hydrogens is 487 g/mol. The van der Waals surface area contributed by atoms with Crippen molar-refractivity contribution in [1.82, 2.24) is 9.80 Å². The lowest BCUT2D eigenvalue weighted by atomic mass is 9.90. The minimum absolute atomic E-state index is 0.00986. The van der Waals surface area contributed by atoms with Gasteiger partial charge in [-0.15, -0.1) is 11.3 Å². The van der Waals surface area contributed by atoms with Crippen LogP contribution in [0.15, 0.2) is 53.9 Å². The Balaban J connectivity index is 1.66. The maximum atomic E-state index is 13.8. The number of benzene rings is 2. The number of aryl methyl sites for hydroxylation is 1. The number of thiophene rings is 1. The van der Waals surface area contributed by atoms with Crippen molar-refractivity contribution in [2.24, 2.45) is 0 Å². The van der Waals surface area contributed by atoms with Crippen LogP contribution >= 0.6 is 34.5 Å². The first kappa shape index (κ1) is 24.8. The molecule has 0 bridgehead atoms. The van der Waals surface area contributed by atoms with Gasteiger partial charge in [0, 0.05) is 23.0 Å². The molecule has 1 aliphatic heterocycles. The molecule has 0 saturated carbocycles. The summed E-state index contributed by atoms with van der Waals surface area (Å²) in [5, 5.41) is 2.82. The number of fused-ring (bicyclic) bond motifs is 1. The number of hydrogen-bond acceptors (Lipinski definition) is 3. The topological polar surface area (TPSA) is 40.6 Å². The van der Waals surface area contributed by atoms with Crippen LogP contribution in [0.4, 0.5) is 0 Å². The molecule has 4 nitrogen and oxygen atoms in total. The molecule has 2 aromatic carbocycles. The molecule has 34 heavy (non-hydrogen) atoms. The molecule has 0 N–H and O–H groups in total. The highest BCUT2D eigenvalue weighted by Crippen LogP contribution is 2.39. The second kappa shape index (κ2) is 10.5. The fourth-order valence-corrected chi connectivity index (χ4v) is 5.70. The molecule has 2 unspecified atom stereocenters. The lowest BCUT2D eigenvalue weighted by Crippen LogP contribution is -2.49. The van der Waals surface area contributed by atoms with Crippen molar-refractivity contribution in [3.8, 4) is 0 Å². The maximum absolute atomic E-state index is 13.8. The predicted octanol–water partition coefficient (Wildman–Crippen LogP) is 6.78. The zero-order valence-electron chi connectivity index (χ0n) is 19.6. The van der Waals surface area contributed by atoms with Gasteiger partial charge in [0.25, 0.3) is 5.91 Å². The SMILES string of the molecule is CCC(C)N(CC(=O)N1CCc2sccc2C1c1ccccc1C)C(=O)c1ccc(Cl)c(Cl)c1. The lowest BCUT2D eigenvalue weighted by molar-refractivity contribution is -0.134. The molecular formula is C27H28Cl2N2O2S. The quantitative estimate of drug-likeness (QED) is 0.363. The number of rotatable bonds is 6. The monoisotopic (exact) mass is 514 g/mol. The van der Waals surface area contributed by atoms with Crippen molar-refractivity contribution in [3.05, 3.63) is 91.1 Å². The van der Waals surface area contributed by atoms with Gasteiger partial charge in [-0.05, 0) is 73.0 Å². The fraction of sp³-hybridized carbons (Fsp3) is 0.333. The Bertz CT molecular complexity index is 1210. The summed E-state index contributed by atoms with van der Waals surface area (Å²) in [4.78, 5) is 32.2. The largest absolute Gasteiger partial charge is 0.330 e. The lowest BCUT2D eigenvalue weighted by Gasteiger charge is -2.39. The Morgan fingerprint density at radius 2 is 1.88 bits per heavy atom. The van der Waals surface area contributed by atoms with E-state index in [0.717, 1.165) is 24.0 Å². The van der Waals surface area contributed by atoms with Gasteiger partial charge in [-0.25, -0.2) is 0 Å². The van der Waals surface area contributed by atoms with Gasteiger partial charge in [0.1, 0.15) is 6.54 Å². The molecule has 2 atom stereocenters. The number of carbonyl (C=O) groups excluding carboxylic acids is 2. The van der Waals surface area contributed by atoms with Gasteiger partial charge >= 0.3 is 0 Å². The molecule has 0 saturated heterocycles. The van der Waals surface area contributed by atoms with Gasteiger partial charge in [0.2, 0.25) is 5.91 Å². The van der Waals surface area contributed by atoms with E-state index in [-0.39, 0.29) is 30.4 Å². The van der Waals surface area contributed by atoms with Gasteiger partial charge in [-0.3, -0.25) is 9.59 Å². The molecule has 0 radical (unpaired) electrons. The summed E-state index contributed by atoms with van der Waals surface area (Å²) in [6, 6.07) is 14.9. The van der Waals surface area contributed by atoms with Crippen molar-refractivity contribution in [3.63, 3.8) is 0 Å². The predicted molar refractivity (Wildman–Crippen MR) is 140 cm³/mol. The molecule has 1 aromatic heterocycles. The normalized spacial score (nSPS) is 16.1. The zero-order valence-corrected chi connectivity index (χ0v) is 21.9. The van der Waals surface area contributed by atoms with Crippen molar-refractivity contribution < 1.29 is 9.59 Å². The molecule has 0 aliphatic carbocycles. The Morgan fingerprint density at radius 1 is 1.12 bits per heavy atom. The van der Waals surface area contributed by atoms with E-state index in [1.54, 1.807) is 34.4 Å². The summed E-state index contributed by atoms with van der Waals surface area (Å²) in [7, 11) is 0. The molecule has 7 heteroatoms. The third-order valence-corrected chi connectivity index (χ3v) is 8.36. The molecule has 2 amide bonds. The molecule has 1 aliphatic rings. The molecule has 0 fully saturated rings. The Labute approximate surface area is 215 Å². The molecule has 4 rings (SSSR count). The number of hydrogen-bond donors (Lipinski definition) is 0. The van der Waals surface area contributed by atoms with Crippen LogP contribution in [-0.2, 0) is 11.2 Å². The van der Waals surface area contributed by atoms with Crippen molar-refractivity contribution in [1.29, 1.82) is 0 Å². The summed E-state index contributed by atoms with van der Waals surface area (Å²) in [6.07, 6.45) is 1.56. The van der Waals surface area contributed by atoms with Crippen LogP contribution in [0, 0.1) is 6.92 Å². The van der Waals surface area contributed by atoms with Gasteiger partial charge in [0.05, 0.1) is 16.1 Å². The Hall–Kier alpha value is -2.34. The number of amides is 2. The van der Waals surface area contributed by atoms with Gasteiger partial charge in [0.15, 0.2) is 0 Å². The van der Waals surface area contributed by atoms with Crippen molar-refractivity contribution in [2.75, 3.05) is 13.1 Å². The van der Waals surface area contributed by atoms with E-state index in [9.17, 15) is 9.59 Å². The summed E-state index contributed by atoms with van der Waals surface area (Å²) in [5.41, 5.74) is 3.89. The summed E-state index contributed by atoms with van der Waals surface area (Å²) in [5.74, 6) is -0.277. The highest BCUT2D eigenvalue weighted by molar-refractivity contribution is 7.10. The van der Waals surface area contributed by atoms with Crippen LogP contribution in [-0.4, -0.2) is 40.7 Å². The first-order valence-corrected chi connectivity index (χ1v) is 13.1. The first-order chi connectivity index (χ1) is 16.3. The van der Waals surface area contributed by atoms with E-state index in [1.807, 2.05) is 30.9 Å². The van der Waals surface area contributed by atoms with Crippen LogP contribution in [0.3, 0.4) is 0 Å². The second-order valence-corrected chi connectivity index (χ2v) is 10.5. The summed E-state index contributed by atoms with van der Waals surface area (Å²) in [6.45, 7) is 6.70. The highest BCUT2D eigenvalue weighted by Gasteiger charge is 2.35. The fourth-order valence-electron chi connectivity index (χ4n) is 4.49. The van der Waals surface area contributed by atoms with Crippen LogP contribution in [0.1, 0.15) is 58.2 Å². The summed E-state index contributed by atoms with van der Waals surface area (Å²) < 4.78 is 0. The van der Waals surface area contributed by atoms with Crippen molar-refractivity contribution in [2.45, 2.75) is 45.7 Å². The molecule has 2 heterocycles. The average molecular weight is 516 g/mol. The molecule has 0 spiro atoms. The smallest absolute Gasteiger partial charge is 0.254 e. The minimum atomic E-state index is -0.220. The number of nitrogens with zero attached hydrogens (tertiary/aromatic N) is 2. The van der Waals surface area contributed by atoms with E-state index in [1.165, 1.54) is 10.4 Å². The van der Waals surface area contributed by atoms with E-state index in [0.29, 0.717) is 22.2 Å². The summed E-state index contributed by atoms with van der Waals surface area (Å²) >= 11 is 14.0. The van der Waals surface area contributed by atoms with E-state index in [2.05, 4.69) is 30.5 Å². The standard InChI is InChI=1S/C27H28Cl2N2O2S/c1-4-18(3)31(27(33)19-9-10-22(28)23(29)15-19)16-25(32)30-13-11-24-21(12-14-34-24)26(30)20-8-6-5-7-17(20)2/h5-10,12,14-15,18,26H,4,11,13,16H2,1-3H3. The van der Waals surface area contributed by atoms with Crippen molar-refractivity contribution >= 4 is 46.4 Å². The first-order valence-electron chi connectivity index (χ1n) is 11.5. The second-order valence-electron chi connectivity index (χ2n) is 8.71. The third-order valence-electron chi connectivity index (χ3n) is 6.63. The van der Waals surface area contributed by atoms with Gasteiger partial charge in [-0.1, -0.05) is 54.4 Å². The Kier molecular flexibility index (Phi) is 7.66. The highest BCUT2D eigenvalue weighted by atomic mass is 35.5.